The van der Waals surface area contributed by atoms with Crippen molar-refractivity contribution in [3.8, 4) is 5.75 Å². The molecule has 1 aromatic carbocycles. The van der Waals surface area contributed by atoms with Gasteiger partial charge in [-0.3, -0.25) is 14.6 Å². The summed E-state index contributed by atoms with van der Waals surface area (Å²) in [6, 6.07) is 6.34. The van der Waals surface area contributed by atoms with E-state index in [1.165, 1.54) is 18.2 Å². The van der Waals surface area contributed by atoms with Gasteiger partial charge in [-0.25, -0.2) is 13.2 Å². The lowest BCUT2D eigenvalue weighted by Crippen LogP contribution is -2.84. The van der Waals surface area contributed by atoms with Crippen molar-refractivity contribution in [2.45, 2.75) is 36.8 Å². The predicted octanol–water partition coefficient (Wildman–Crippen LogP) is 3.41. The highest BCUT2D eigenvalue weighted by Gasteiger charge is 2.69. The summed E-state index contributed by atoms with van der Waals surface area (Å²) in [5.74, 6) is -1.18. The number of aromatic nitrogens is 1. The highest BCUT2D eigenvalue weighted by Crippen LogP contribution is 2.60. The van der Waals surface area contributed by atoms with E-state index in [-0.39, 0.29) is 34.5 Å². The van der Waals surface area contributed by atoms with Crippen LogP contribution in [0.5, 0.6) is 5.75 Å². The van der Waals surface area contributed by atoms with Crippen molar-refractivity contribution >= 4 is 23.4 Å². The number of nitrogens with one attached hydrogen (secondary N) is 2. The molecule has 2 bridgehead atoms. The number of halogens is 4. The summed E-state index contributed by atoms with van der Waals surface area (Å²) < 4.78 is 43.7. The summed E-state index contributed by atoms with van der Waals surface area (Å²) in [5.41, 5.74) is -0.990. The minimum atomic E-state index is -2.69. The number of benzene rings is 1. The number of hydrogen-bond donors (Lipinski definition) is 2. The number of pyridine rings is 1. The van der Waals surface area contributed by atoms with Crippen molar-refractivity contribution in [2.75, 3.05) is 6.61 Å². The molecule has 10 heteroatoms. The van der Waals surface area contributed by atoms with Gasteiger partial charge in [0.15, 0.2) is 6.61 Å². The number of rotatable bonds is 7. The Morgan fingerprint density at radius 2 is 1.83 bits per heavy atom. The van der Waals surface area contributed by atoms with E-state index in [1.54, 1.807) is 0 Å². The normalized spacial score (nSPS) is 23.9. The lowest BCUT2D eigenvalue weighted by molar-refractivity contribution is -0.141. The van der Waals surface area contributed by atoms with Gasteiger partial charge in [0.1, 0.15) is 17.3 Å². The summed E-state index contributed by atoms with van der Waals surface area (Å²) in [5, 5.41) is 5.74. The van der Waals surface area contributed by atoms with E-state index in [9.17, 15) is 22.8 Å². The van der Waals surface area contributed by atoms with Crippen molar-refractivity contribution in [1.82, 2.24) is 15.6 Å². The first-order chi connectivity index (χ1) is 14.2. The first-order valence-electron chi connectivity index (χ1n) is 9.15. The highest BCUT2D eigenvalue weighted by molar-refractivity contribution is 6.30. The van der Waals surface area contributed by atoms with Crippen LogP contribution in [0, 0.1) is 5.82 Å². The SMILES string of the molecule is O=C(COc1ccc(Cl)c(F)c1)NC12CC(NC(=O)c3ccc(C(F)F)nc3)(C1)C2. The van der Waals surface area contributed by atoms with E-state index < -0.39 is 29.2 Å². The molecular weight excluding hydrogens is 423 g/mol. The fourth-order valence-electron chi connectivity index (χ4n) is 4.08. The molecule has 1 heterocycles. The molecule has 5 rings (SSSR count). The number of hydrogen-bond acceptors (Lipinski definition) is 4. The van der Waals surface area contributed by atoms with Crippen molar-refractivity contribution < 1.29 is 27.5 Å². The lowest BCUT2D eigenvalue weighted by Gasteiger charge is -2.70. The molecule has 3 aliphatic rings. The van der Waals surface area contributed by atoms with Crippen LogP contribution in [-0.4, -0.2) is 34.5 Å². The zero-order valence-corrected chi connectivity index (χ0v) is 16.3. The second-order valence-corrected chi connectivity index (χ2v) is 8.14. The van der Waals surface area contributed by atoms with E-state index in [2.05, 4.69) is 15.6 Å². The van der Waals surface area contributed by atoms with E-state index in [4.69, 9.17) is 16.3 Å². The molecule has 0 atom stereocenters. The fourth-order valence-corrected chi connectivity index (χ4v) is 4.20. The van der Waals surface area contributed by atoms with E-state index in [0.717, 1.165) is 18.3 Å². The molecule has 2 amide bonds. The molecule has 0 unspecified atom stereocenters. The summed E-state index contributed by atoms with van der Waals surface area (Å²) in [6.45, 7) is -0.273. The quantitative estimate of drug-likeness (QED) is 0.693. The molecule has 0 aliphatic heterocycles. The Morgan fingerprint density at radius 3 is 2.43 bits per heavy atom. The summed E-state index contributed by atoms with van der Waals surface area (Å²) >= 11 is 5.60. The Balaban J connectivity index is 1.23. The topological polar surface area (TPSA) is 80.3 Å². The van der Waals surface area contributed by atoms with E-state index in [0.29, 0.717) is 19.3 Å². The van der Waals surface area contributed by atoms with Gasteiger partial charge in [-0.2, -0.15) is 0 Å². The zero-order chi connectivity index (χ0) is 21.5. The first kappa shape index (κ1) is 20.5. The molecule has 3 saturated carbocycles. The third-order valence-electron chi connectivity index (χ3n) is 5.35. The molecule has 6 nitrogen and oxygen atoms in total. The van der Waals surface area contributed by atoms with Gasteiger partial charge in [0.25, 0.3) is 18.2 Å². The molecule has 3 aliphatic carbocycles. The number of carbonyl (C=O) groups is 2. The monoisotopic (exact) mass is 439 g/mol. The molecule has 2 N–H and O–H groups in total. The van der Waals surface area contributed by atoms with Crippen molar-refractivity contribution in [1.29, 1.82) is 0 Å². The average Bonchev–Trinajstić information content (AvgIpc) is 2.66. The van der Waals surface area contributed by atoms with Crippen LogP contribution in [0.3, 0.4) is 0 Å². The van der Waals surface area contributed by atoms with E-state index >= 15 is 0 Å². The minimum Gasteiger partial charge on any atom is -0.484 e. The van der Waals surface area contributed by atoms with Crippen LogP contribution in [-0.2, 0) is 4.79 Å². The molecule has 0 saturated heterocycles. The smallest absolute Gasteiger partial charge is 0.280 e. The molecule has 0 spiro atoms. The zero-order valence-electron chi connectivity index (χ0n) is 15.6. The largest absolute Gasteiger partial charge is 0.484 e. The second kappa shape index (κ2) is 7.46. The molecule has 3 fully saturated rings. The summed E-state index contributed by atoms with van der Waals surface area (Å²) in [6.07, 6.45) is 0.128. The number of nitrogens with zero attached hydrogens (tertiary/aromatic N) is 1. The molecule has 0 radical (unpaired) electrons. The molecule has 2 aromatic rings. The number of carbonyl (C=O) groups excluding carboxylic acids is 2. The maximum Gasteiger partial charge on any atom is 0.280 e. The van der Waals surface area contributed by atoms with Crippen LogP contribution >= 0.6 is 11.6 Å². The highest BCUT2D eigenvalue weighted by atomic mass is 35.5. The van der Waals surface area contributed by atoms with Gasteiger partial charge >= 0.3 is 0 Å². The van der Waals surface area contributed by atoms with Crippen LogP contribution in [0.15, 0.2) is 36.5 Å². The van der Waals surface area contributed by atoms with Crippen LogP contribution in [0.1, 0.15) is 41.7 Å². The minimum absolute atomic E-state index is 0.0336. The van der Waals surface area contributed by atoms with Crippen LogP contribution in [0.2, 0.25) is 5.02 Å². The van der Waals surface area contributed by atoms with Gasteiger partial charge in [0, 0.05) is 23.3 Å². The maximum atomic E-state index is 13.4. The van der Waals surface area contributed by atoms with Crippen molar-refractivity contribution in [2.24, 2.45) is 0 Å². The van der Waals surface area contributed by atoms with Gasteiger partial charge in [-0.05, 0) is 43.5 Å². The van der Waals surface area contributed by atoms with Crippen molar-refractivity contribution in [3.63, 3.8) is 0 Å². The standard InChI is InChI=1S/C20H17ClF3N3O3/c21-13-3-2-12(5-14(13)22)30-7-16(28)26-19-8-20(9-19,10-19)27-18(29)11-1-4-15(17(23)24)25-6-11/h1-6,17H,7-10H2,(H,26,28)(H,27,29). The summed E-state index contributed by atoms with van der Waals surface area (Å²) in [4.78, 5) is 28.0. The van der Waals surface area contributed by atoms with E-state index in [1.807, 2.05) is 0 Å². The van der Waals surface area contributed by atoms with Crippen LogP contribution in [0.4, 0.5) is 13.2 Å². The van der Waals surface area contributed by atoms with Gasteiger partial charge < -0.3 is 15.4 Å². The fraction of sp³-hybridized carbons (Fsp3) is 0.350. The third kappa shape index (κ3) is 3.94. The Labute approximate surface area is 174 Å². The molecule has 1 aromatic heterocycles. The Hall–Kier alpha value is -2.81. The van der Waals surface area contributed by atoms with Crippen molar-refractivity contribution in [3.05, 3.63) is 58.6 Å². The van der Waals surface area contributed by atoms with Gasteiger partial charge in [0.05, 0.1) is 10.6 Å². The van der Waals surface area contributed by atoms with Crippen LogP contribution < -0.4 is 15.4 Å². The van der Waals surface area contributed by atoms with Gasteiger partial charge in [-0.1, -0.05) is 11.6 Å². The first-order valence-corrected chi connectivity index (χ1v) is 9.53. The second-order valence-electron chi connectivity index (χ2n) is 7.73. The summed E-state index contributed by atoms with van der Waals surface area (Å²) in [7, 11) is 0. The third-order valence-corrected chi connectivity index (χ3v) is 5.65. The number of alkyl halides is 2. The Kier molecular flexibility index (Phi) is 5.09. The lowest BCUT2D eigenvalue weighted by atomic mass is 9.44. The molecule has 30 heavy (non-hydrogen) atoms. The predicted molar refractivity (Wildman–Crippen MR) is 101 cm³/mol. The molecule has 158 valence electrons. The van der Waals surface area contributed by atoms with Crippen LogP contribution in [0.25, 0.3) is 0 Å². The maximum absolute atomic E-state index is 13.4. The van der Waals surface area contributed by atoms with Gasteiger partial charge in [0.2, 0.25) is 0 Å². The average molecular weight is 440 g/mol. The molecular formula is C20H17ClF3N3O3. The number of ether oxygens (including phenoxy) is 1. The Morgan fingerprint density at radius 1 is 1.13 bits per heavy atom. The Bertz CT molecular complexity index is 981. The van der Waals surface area contributed by atoms with Gasteiger partial charge in [-0.15, -0.1) is 0 Å². The number of amides is 2.